The van der Waals surface area contributed by atoms with Gasteiger partial charge in [0.2, 0.25) is 5.95 Å². The summed E-state index contributed by atoms with van der Waals surface area (Å²) in [5.74, 6) is 3.61. The second-order valence-corrected chi connectivity index (χ2v) is 8.73. The van der Waals surface area contributed by atoms with Crippen molar-refractivity contribution in [2.24, 2.45) is 5.92 Å². The van der Waals surface area contributed by atoms with Crippen LogP contribution in [0.2, 0.25) is 0 Å². The van der Waals surface area contributed by atoms with E-state index < -0.39 is 0 Å². The number of hydrogen-bond donors (Lipinski definition) is 0. The first-order valence-corrected chi connectivity index (χ1v) is 10.6. The van der Waals surface area contributed by atoms with E-state index in [9.17, 15) is 0 Å². The Morgan fingerprint density at radius 2 is 1.78 bits per heavy atom. The van der Waals surface area contributed by atoms with Gasteiger partial charge >= 0.3 is 0 Å². The van der Waals surface area contributed by atoms with Crippen LogP contribution in [0.25, 0.3) is 10.2 Å². The van der Waals surface area contributed by atoms with E-state index in [4.69, 9.17) is 9.97 Å². The van der Waals surface area contributed by atoms with Gasteiger partial charge in [-0.3, -0.25) is 0 Å². The van der Waals surface area contributed by atoms with E-state index in [0.29, 0.717) is 0 Å². The van der Waals surface area contributed by atoms with Crippen molar-refractivity contribution >= 4 is 33.3 Å². The van der Waals surface area contributed by atoms with E-state index in [1.54, 1.807) is 0 Å². The minimum Gasteiger partial charge on any atom is -0.352 e. The number of anilines is 2. The minimum atomic E-state index is 0.775. The Morgan fingerprint density at radius 3 is 2.56 bits per heavy atom. The largest absolute Gasteiger partial charge is 0.352 e. The zero-order valence-electron chi connectivity index (χ0n) is 15.9. The lowest BCUT2D eigenvalue weighted by Crippen LogP contribution is -2.47. The molecule has 1 fully saturated rings. The Kier molecular flexibility index (Phi) is 4.19. The molecule has 6 nitrogen and oxygen atoms in total. The number of hydrogen-bond acceptors (Lipinski definition) is 7. The molecule has 3 aromatic rings. The van der Waals surface area contributed by atoms with E-state index in [-0.39, 0.29) is 0 Å². The van der Waals surface area contributed by atoms with Crippen molar-refractivity contribution in [1.29, 1.82) is 0 Å². The second-order valence-electron chi connectivity index (χ2n) is 7.65. The van der Waals surface area contributed by atoms with Crippen LogP contribution in [-0.2, 0) is 12.8 Å². The molecule has 1 aliphatic carbocycles. The molecule has 7 heteroatoms. The summed E-state index contributed by atoms with van der Waals surface area (Å²) in [5, 5.41) is 1.32. The molecule has 1 saturated heterocycles. The lowest BCUT2D eigenvalue weighted by atomic mass is 9.89. The number of fused-ring (bicyclic) bond motifs is 3. The van der Waals surface area contributed by atoms with E-state index in [0.717, 1.165) is 56.1 Å². The summed E-state index contributed by atoms with van der Waals surface area (Å²) in [6.45, 7) is 8.07. The van der Waals surface area contributed by atoms with Crippen molar-refractivity contribution in [3.8, 4) is 0 Å². The van der Waals surface area contributed by atoms with E-state index in [1.165, 1.54) is 33.5 Å². The Balaban J connectivity index is 1.47. The van der Waals surface area contributed by atoms with Gasteiger partial charge in [-0.1, -0.05) is 6.92 Å². The van der Waals surface area contributed by atoms with Crippen molar-refractivity contribution in [1.82, 2.24) is 19.9 Å². The highest BCUT2D eigenvalue weighted by molar-refractivity contribution is 7.19. The molecular weight excluding hydrogens is 356 g/mol. The Bertz CT molecular complexity index is 962. The highest BCUT2D eigenvalue weighted by Gasteiger charge is 2.27. The van der Waals surface area contributed by atoms with Gasteiger partial charge in [-0.2, -0.15) is 0 Å². The molecular formula is C20H24N6S. The smallest absolute Gasteiger partial charge is 0.225 e. The molecule has 2 aliphatic rings. The van der Waals surface area contributed by atoms with Gasteiger partial charge < -0.3 is 9.80 Å². The number of nitrogens with zero attached hydrogens (tertiary/aromatic N) is 6. The normalized spacial score (nSPS) is 20.1. The van der Waals surface area contributed by atoms with Gasteiger partial charge in [0.1, 0.15) is 16.5 Å². The number of piperazine rings is 1. The molecule has 1 atom stereocenters. The van der Waals surface area contributed by atoms with Crippen molar-refractivity contribution < 1.29 is 0 Å². The maximum Gasteiger partial charge on any atom is 0.225 e. The molecule has 1 aliphatic heterocycles. The van der Waals surface area contributed by atoms with Crippen LogP contribution in [0.4, 0.5) is 11.8 Å². The molecule has 3 aromatic heterocycles. The van der Waals surface area contributed by atoms with Crippen LogP contribution in [0.15, 0.2) is 18.5 Å². The number of thiophene rings is 1. The average Bonchev–Trinajstić information content (AvgIpc) is 3.05. The zero-order valence-corrected chi connectivity index (χ0v) is 16.7. The first-order chi connectivity index (χ1) is 13.2. The topological polar surface area (TPSA) is 58.0 Å². The van der Waals surface area contributed by atoms with Crippen LogP contribution in [0.3, 0.4) is 0 Å². The predicted octanol–water partition coefficient (Wildman–Crippen LogP) is 3.24. The van der Waals surface area contributed by atoms with Gasteiger partial charge in [0.25, 0.3) is 0 Å². The summed E-state index contributed by atoms with van der Waals surface area (Å²) in [7, 11) is 0. The third-order valence-electron chi connectivity index (χ3n) is 5.66. The predicted molar refractivity (Wildman–Crippen MR) is 110 cm³/mol. The van der Waals surface area contributed by atoms with Crippen molar-refractivity contribution in [2.45, 2.75) is 33.1 Å². The van der Waals surface area contributed by atoms with Crippen LogP contribution in [-0.4, -0.2) is 46.1 Å². The molecule has 0 spiro atoms. The monoisotopic (exact) mass is 380 g/mol. The first-order valence-electron chi connectivity index (χ1n) is 9.75. The molecule has 4 heterocycles. The molecule has 0 saturated carbocycles. The average molecular weight is 381 g/mol. The van der Waals surface area contributed by atoms with Crippen LogP contribution in [0.1, 0.15) is 29.6 Å². The molecule has 0 aromatic carbocycles. The second kappa shape index (κ2) is 6.71. The fourth-order valence-electron chi connectivity index (χ4n) is 4.23. The molecule has 140 valence electrons. The summed E-state index contributed by atoms with van der Waals surface area (Å²) in [5.41, 5.74) is 1.51. The fourth-order valence-corrected chi connectivity index (χ4v) is 5.65. The fraction of sp³-hybridized carbons (Fsp3) is 0.500. The maximum atomic E-state index is 4.89. The van der Waals surface area contributed by atoms with Gasteiger partial charge in [-0.25, -0.2) is 19.9 Å². The van der Waals surface area contributed by atoms with Crippen molar-refractivity contribution in [3.63, 3.8) is 0 Å². The van der Waals surface area contributed by atoms with E-state index in [2.05, 4.69) is 26.7 Å². The summed E-state index contributed by atoms with van der Waals surface area (Å²) >= 11 is 1.89. The van der Waals surface area contributed by atoms with E-state index >= 15 is 0 Å². The number of aryl methyl sites for hydroxylation is 2. The number of aromatic nitrogens is 4. The van der Waals surface area contributed by atoms with E-state index in [1.807, 2.05) is 36.7 Å². The van der Waals surface area contributed by atoms with Crippen molar-refractivity contribution in [3.05, 3.63) is 34.7 Å². The lowest BCUT2D eigenvalue weighted by molar-refractivity contribution is 0.509. The third-order valence-corrected chi connectivity index (χ3v) is 6.81. The van der Waals surface area contributed by atoms with Gasteiger partial charge in [-0.15, -0.1) is 11.3 Å². The summed E-state index contributed by atoms with van der Waals surface area (Å²) in [4.78, 5) is 25.8. The van der Waals surface area contributed by atoms with Crippen LogP contribution < -0.4 is 9.80 Å². The summed E-state index contributed by atoms with van der Waals surface area (Å²) < 4.78 is 0. The summed E-state index contributed by atoms with van der Waals surface area (Å²) in [6.07, 6.45) is 7.24. The van der Waals surface area contributed by atoms with Crippen LogP contribution in [0.5, 0.6) is 0 Å². The molecule has 0 N–H and O–H groups in total. The Hall–Kier alpha value is -2.28. The van der Waals surface area contributed by atoms with Crippen LogP contribution >= 0.6 is 11.3 Å². The standard InChI is InChI=1S/C20H24N6S/c1-13-4-5-15-16(12-13)27-19-17(15)18(23-14(2)24-19)25-8-10-26(11-9-25)20-21-6-3-7-22-20/h3,6-7,13H,4-5,8-12H2,1-2H3. The lowest BCUT2D eigenvalue weighted by Gasteiger charge is -2.35. The minimum absolute atomic E-state index is 0.775. The maximum absolute atomic E-state index is 4.89. The SMILES string of the molecule is Cc1nc(N2CCN(c3ncccn3)CC2)c2c3c(sc2n1)CC(C)CC3. The number of rotatable bonds is 2. The highest BCUT2D eigenvalue weighted by atomic mass is 32.1. The molecule has 0 amide bonds. The first kappa shape index (κ1) is 16.9. The Morgan fingerprint density at radius 1 is 1.04 bits per heavy atom. The van der Waals surface area contributed by atoms with Gasteiger partial charge in [0, 0.05) is 43.4 Å². The quantitative estimate of drug-likeness (QED) is 0.680. The molecule has 1 unspecified atom stereocenters. The summed E-state index contributed by atoms with van der Waals surface area (Å²) in [6, 6.07) is 1.86. The molecule has 0 bridgehead atoms. The van der Waals surface area contributed by atoms with Gasteiger partial charge in [0.15, 0.2) is 0 Å². The Labute approximate surface area is 163 Å². The molecule has 5 rings (SSSR count). The molecule has 27 heavy (non-hydrogen) atoms. The van der Waals surface area contributed by atoms with Crippen molar-refractivity contribution in [2.75, 3.05) is 36.0 Å². The third kappa shape index (κ3) is 3.04. The van der Waals surface area contributed by atoms with Gasteiger partial charge in [0.05, 0.1) is 5.39 Å². The zero-order chi connectivity index (χ0) is 18.4. The van der Waals surface area contributed by atoms with Gasteiger partial charge in [-0.05, 0) is 43.7 Å². The molecule has 0 radical (unpaired) electrons. The highest BCUT2D eigenvalue weighted by Crippen LogP contribution is 2.41. The van der Waals surface area contributed by atoms with Crippen LogP contribution in [0, 0.1) is 12.8 Å².